The van der Waals surface area contributed by atoms with Crippen molar-refractivity contribution in [2.75, 3.05) is 0 Å². The minimum atomic E-state index is -0.197. The predicted molar refractivity (Wildman–Crippen MR) is 69.8 cm³/mol. The summed E-state index contributed by atoms with van der Waals surface area (Å²) in [5.74, 6) is 0. The van der Waals surface area contributed by atoms with E-state index in [1.54, 1.807) is 36.9 Å². The van der Waals surface area contributed by atoms with Crippen LogP contribution in [0.4, 0.5) is 0 Å². The van der Waals surface area contributed by atoms with Crippen molar-refractivity contribution in [2.24, 2.45) is 7.05 Å². The van der Waals surface area contributed by atoms with Gasteiger partial charge in [0.05, 0.1) is 11.0 Å². The molecule has 0 spiro atoms. The van der Waals surface area contributed by atoms with Crippen LogP contribution in [-0.2, 0) is 7.05 Å². The zero-order valence-electron chi connectivity index (χ0n) is 9.81. The fraction of sp³-hybridized carbons (Fsp3) is 0.167. The minimum absolute atomic E-state index is 0.197. The van der Waals surface area contributed by atoms with Gasteiger partial charge in [0.2, 0.25) is 5.43 Å². The maximum absolute atomic E-state index is 12.0. The third kappa shape index (κ3) is 1.55. The van der Waals surface area contributed by atoms with Crippen LogP contribution >= 0.6 is 11.6 Å². The van der Waals surface area contributed by atoms with Gasteiger partial charge in [-0.2, -0.15) is 5.10 Å². The van der Waals surface area contributed by atoms with Crippen molar-refractivity contribution < 1.29 is 0 Å². The summed E-state index contributed by atoms with van der Waals surface area (Å²) in [6.07, 6.45) is 0. The average molecular weight is 261 g/mol. The fourth-order valence-electron chi connectivity index (χ4n) is 1.89. The van der Waals surface area contributed by atoms with Gasteiger partial charge in [-0.1, -0.05) is 11.6 Å². The quantitative estimate of drug-likeness (QED) is 0.579. The molecular weight excluding hydrogens is 252 g/mol. The Bertz CT molecular complexity index is 841. The van der Waals surface area contributed by atoms with Gasteiger partial charge in [0.1, 0.15) is 5.69 Å². The van der Waals surface area contributed by atoms with Crippen LogP contribution in [0.25, 0.3) is 22.2 Å². The van der Waals surface area contributed by atoms with E-state index in [1.807, 2.05) is 0 Å². The number of halogens is 1. The number of hydrogen-bond donors (Lipinski definition) is 0. The molecule has 18 heavy (non-hydrogen) atoms. The van der Waals surface area contributed by atoms with Crippen molar-refractivity contribution >= 4 is 33.8 Å². The van der Waals surface area contributed by atoms with Crippen LogP contribution in [0, 0.1) is 6.92 Å². The summed E-state index contributed by atoms with van der Waals surface area (Å²) in [6, 6.07) is 5.21. The third-order valence-electron chi connectivity index (χ3n) is 2.76. The Morgan fingerprint density at radius 1 is 1.22 bits per heavy atom. The zero-order chi connectivity index (χ0) is 12.9. The lowest BCUT2D eigenvalue weighted by Gasteiger charge is -2.05. The molecular formula is C12H9ClN4O. The average Bonchev–Trinajstić information content (AvgIpc) is 2.34. The molecule has 0 aliphatic carbocycles. The van der Waals surface area contributed by atoms with Crippen molar-refractivity contribution in [3.63, 3.8) is 0 Å². The Labute approximate surface area is 107 Å². The molecule has 6 heteroatoms. The minimum Gasteiger partial charge on any atom is -0.285 e. The first-order chi connectivity index (χ1) is 8.56. The smallest absolute Gasteiger partial charge is 0.230 e. The van der Waals surface area contributed by atoms with Crippen molar-refractivity contribution in [1.82, 2.24) is 19.7 Å². The number of hydrogen-bond acceptors (Lipinski definition) is 4. The predicted octanol–water partition coefficient (Wildman–Crippen LogP) is 1.84. The highest BCUT2D eigenvalue weighted by molar-refractivity contribution is 6.31. The molecule has 0 aliphatic rings. The molecule has 0 bridgehead atoms. The number of fused-ring (bicyclic) bond motifs is 2. The summed E-state index contributed by atoms with van der Waals surface area (Å²) in [4.78, 5) is 20.7. The molecule has 0 N–H and O–H groups in total. The summed E-state index contributed by atoms with van der Waals surface area (Å²) in [5, 5.41) is 4.67. The molecule has 0 aliphatic heterocycles. The number of benzene rings is 1. The Kier molecular flexibility index (Phi) is 2.31. The molecule has 3 aromatic rings. The van der Waals surface area contributed by atoms with Crippen LogP contribution in [0.2, 0.25) is 5.02 Å². The van der Waals surface area contributed by atoms with Crippen molar-refractivity contribution in [2.45, 2.75) is 6.92 Å². The van der Waals surface area contributed by atoms with E-state index in [1.165, 1.54) is 0 Å². The lowest BCUT2D eigenvalue weighted by molar-refractivity contribution is 0.743. The summed E-state index contributed by atoms with van der Waals surface area (Å²) in [6.45, 7) is 1.66. The van der Waals surface area contributed by atoms with E-state index in [2.05, 4.69) is 15.1 Å². The van der Waals surface area contributed by atoms with E-state index in [4.69, 9.17) is 11.6 Å². The summed E-state index contributed by atoms with van der Waals surface area (Å²) >= 11 is 5.91. The van der Waals surface area contributed by atoms with E-state index >= 15 is 0 Å². The van der Waals surface area contributed by atoms with E-state index in [9.17, 15) is 4.79 Å². The summed E-state index contributed by atoms with van der Waals surface area (Å²) in [7, 11) is 1.74. The van der Waals surface area contributed by atoms with Crippen molar-refractivity contribution in [1.29, 1.82) is 0 Å². The fourth-order valence-corrected chi connectivity index (χ4v) is 2.05. The number of nitrogens with zero attached hydrogens (tertiary/aromatic N) is 4. The van der Waals surface area contributed by atoms with E-state index in [-0.39, 0.29) is 5.43 Å². The Balaban J connectivity index is 2.57. The van der Waals surface area contributed by atoms with Gasteiger partial charge in [0.25, 0.3) is 0 Å². The van der Waals surface area contributed by atoms with E-state index in [0.29, 0.717) is 32.9 Å². The molecule has 0 radical (unpaired) electrons. The van der Waals surface area contributed by atoms with Gasteiger partial charge < -0.3 is 0 Å². The van der Waals surface area contributed by atoms with Crippen LogP contribution in [0.15, 0.2) is 23.0 Å². The monoisotopic (exact) mass is 260 g/mol. The van der Waals surface area contributed by atoms with Crippen LogP contribution < -0.4 is 5.43 Å². The zero-order valence-corrected chi connectivity index (χ0v) is 10.6. The summed E-state index contributed by atoms with van der Waals surface area (Å²) in [5.41, 5.74) is 2.29. The van der Waals surface area contributed by atoms with Crippen LogP contribution in [0.3, 0.4) is 0 Å². The molecule has 0 fully saturated rings. The highest BCUT2D eigenvalue weighted by atomic mass is 35.5. The molecule has 0 saturated carbocycles. The van der Waals surface area contributed by atoms with Gasteiger partial charge >= 0.3 is 0 Å². The van der Waals surface area contributed by atoms with Gasteiger partial charge in [-0.05, 0) is 25.1 Å². The van der Waals surface area contributed by atoms with E-state index < -0.39 is 0 Å². The maximum atomic E-state index is 12.0. The number of rotatable bonds is 0. The number of aryl methyl sites for hydroxylation is 2. The Morgan fingerprint density at radius 2 is 2.00 bits per heavy atom. The van der Waals surface area contributed by atoms with Crippen LogP contribution in [0.1, 0.15) is 5.69 Å². The normalized spacial score (nSPS) is 11.3. The van der Waals surface area contributed by atoms with Crippen molar-refractivity contribution in [3.05, 3.63) is 39.1 Å². The largest absolute Gasteiger partial charge is 0.285 e. The van der Waals surface area contributed by atoms with Crippen molar-refractivity contribution in [3.8, 4) is 0 Å². The standard InChI is InChI=1S/C12H9ClN4O/c1-6-11(18)10-12(17(2)16-6)15-8-4-3-7(13)5-9(8)14-10/h3-5H,1-2H3. The second-order valence-electron chi connectivity index (χ2n) is 4.07. The van der Waals surface area contributed by atoms with Gasteiger partial charge in [-0.25, -0.2) is 14.6 Å². The first-order valence-electron chi connectivity index (χ1n) is 5.37. The molecule has 90 valence electrons. The van der Waals surface area contributed by atoms with Crippen LogP contribution in [0.5, 0.6) is 0 Å². The first-order valence-corrected chi connectivity index (χ1v) is 5.75. The number of aromatic nitrogens is 4. The van der Waals surface area contributed by atoms with Gasteiger partial charge in [0, 0.05) is 12.1 Å². The summed E-state index contributed by atoms with van der Waals surface area (Å²) < 4.78 is 1.56. The third-order valence-corrected chi connectivity index (χ3v) is 2.99. The first kappa shape index (κ1) is 11.1. The van der Waals surface area contributed by atoms with Crippen LogP contribution in [-0.4, -0.2) is 19.7 Å². The lowest BCUT2D eigenvalue weighted by Crippen LogP contribution is -2.17. The molecule has 5 nitrogen and oxygen atoms in total. The molecule has 2 heterocycles. The highest BCUT2D eigenvalue weighted by Gasteiger charge is 2.10. The maximum Gasteiger partial charge on any atom is 0.230 e. The Morgan fingerprint density at radius 3 is 2.78 bits per heavy atom. The lowest BCUT2D eigenvalue weighted by atomic mass is 10.3. The highest BCUT2D eigenvalue weighted by Crippen LogP contribution is 2.17. The SMILES string of the molecule is Cc1nn(C)c2nc3ccc(Cl)cc3nc2c1=O. The Hall–Kier alpha value is -2.01. The van der Waals surface area contributed by atoms with E-state index in [0.717, 1.165) is 0 Å². The molecule has 2 aromatic heterocycles. The van der Waals surface area contributed by atoms with Gasteiger partial charge in [-0.3, -0.25) is 4.79 Å². The molecule has 0 amide bonds. The second-order valence-corrected chi connectivity index (χ2v) is 4.50. The molecule has 0 atom stereocenters. The second kappa shape index (κ2) is 3.74. The molecule has 3 rings (SSSR count). The molecule has 0 saturated heterocycles. The molecule has 1 aromatic carbocycles. The van der Waals surface area contributed by atoms with Gasteiger partial charge in [0.15, 0.2) is 11.2 Å². The van der Waals surface area contributed by atoms with Gasteiger partial charge in [-0.15, -0.1) is 0 Å². The topological polar surface area (TPSA) is 60.7 Å². The molecule has 0 unspecified atom stereocenters.